The molecular formula is C21H22N6O3S. The van der Waals surface area contributed by atoms with Crippen LogP contribution in [0, 0.1) is 0 Å². The van der Waals surface area contributed by atoms with E-state index in [0.29, 0.717) is 29.2 Å². The van der Waals surface area contributed by atoms with Gasteiger partial charge in [0.15, 0.2) is 15.7 Å². The van der Waals surface area contributed by atoms with E-state index >= 15 is 0 Å². The van der Waals surface area contributed by atoms with Gasteiger partial charge in [0.2, 0.25) is 5.88 Å². The molecule has 1 aliphatic carbocycles. The Morgan fingerprint density at radius 1 is 1.19 bits per heavy atom. The summed E-state index contributed by atoms with van der Waals surface area (Å²) in [5.74, 6) is 1.07. The maximum Gasteiger partial charge on any atom is 0.232 e. The van der Waals surface area contributed by atoms with Crippen LogP contribution >= 0.6 is 0 Å². The largest absolute Gasteiger partial charge is 0.480 e. The summed E-state index contributed by atoms with van der Waals surface area (Å²) in [7, 11) is -1.91. The first-order valence-electron chi connectivity index (χ1n) is 9.79. The number of nitrogens with one attached hydrogen (secondary N) is 1. The van der Waals surface area contributed by atoms with Gasteiger partial charge in [0.05, 0.1) is 24.6 Å². The van der Waals surface area contributed by atoms with E-state index < -0.39 is 20.1 Å². The SMILES string of the molecule is COc1cnc2c(Nc3ccc4c(c3)[C@]3(C4)CS(=O)(=O)C(C)(C)C(N)=N3)nccc2n1. The van der Waals surface area contributed by atoms with Gasteiger partial charge in [-0.05, 0) is 43.2 Å². The second-order valence-electron chi connectivity index (χ2n) is 8.41. The van der Waals surface area contributed by atoms with Crippen LogP contribution in [-0.4, -0.2) is 46.8 Å². The van der Waals surface area contributed by atoms with Crippen molar-refractivity contribution in [2.24, 2.45) is 10.7 Å². The fourth-order valence-corrected chi connectivity index (χ4v) is 5.76. The molecule has 0 unspecified atom stereocenters. The number of pyridine rings is 1. The lowest BCUT2D eigenvalue weighted by molar-refractivity contribution is 0.397. The van der Waals surface area contributed by atoms with Crippen molar-refractivity contribution in [2.75, 3.05) is 18.2 Å². The molecule has 1 spiro atoms. The van der Waals surface area contributed by atoms with E-state index in [9.17, 15) is 8.42 Å². The van der Waals surface area contributed by atoms with Gasteiger partial charge in [-0.15, -0.1) is 0 Å². The van der Waals surface area contributed by atoms with Gasteiger partial charge in [-0.1, -0.05) is 6.07 Å². The van der Waals surface area contributed by atoms with Crippen LogP contribution < -0.4 is 15.8 Å². The summed E-state index contributed by atoms with van der Waals surface area (Å²) in [6.45, 7) is 3.21. The Morgan fingerprint density at radius 3 is 2.74 bits per heavy atom. The van der Waals surface area contributed by atoms with E-state index in [1.54, 1.807) is 26.1 Å². The maximum absolute atomic E-state index is 12.9. The third-order valence-corrected chi connectivity index (χ3v) is 8.78. The first-order valence-corrected chi connectivity index (χ1v) is 11.4. The van der Waals surface area contributed by atoms with Crippen molar-refractivity contribution in [3.8, 4) is 5.88 Å². The number of nitrogens with zero attached hydrogens (tertiary/aromatic N) is 4. The van der Waals surface area contributed by atoms with Crippen LogP contribution in [0.1, 0.15) is 25.0 Å². The van der Waals surface area contributed by atoms with Gasteiger partial charge in [0.25, 0.3) is 0 Å². The molecule has 9 nitrogen and oxygen atoms in total. The quantitative estimate of drug-likeness (QED) is 0.635. The van der Waals surface area contributed by atoms with Crippen LogP contribution in [0.5, 0.6) is 5.88 Å². The fourth-order valence-electron chi connectivity index (χ4n) is 4.08. The number of aliphatic imine (C=N–C) groups is 1. The topological polar surface area (TPSA) is 132 Å². The first kappa shape index (κ1) is 19.7. The summed E-state index contributed by atoms with van der Waals surface area (Å²) in [4.78, 5) is 17.8. The van der Waals surface area contributed by atoms with Crippen LogP contribution in [0.3, 0.4) is 0 Å². The highest BCUT2D eigenvalue weighted by atomic mass is 32.2. The second-order valence-corrected chi connectivity index (χ2v) is 11.0. The van der Waals surface area contributed by atoms with Crippen LogP contribution in [0.2, 0.25) is 0 Å². The van der Waals surface area contributed by atoms with Crippen molar-refractivity contribution >= 4 is 38.2 Å². The Labute approximate surface area is 179 Å². The zero-order valence-corrected chi connectivity index (χ0v) is 18.2. The molecule has 0 saturated heterocycles. The van der Waals surface area contributed by atoms with Crippen molar-refractivity contribution in [1.29, 1.82) is 0 Å². The minimum Gasteiger partial charge on any atom is -0.480 e. The number of benzene rings is 1. The third-order valence-electron chi connectivity index (χ3n) is 6.16. The molecule has 31 heavy (non-hydrogen) atoms. The molecule has 1 aliphatic heterocycles. The number of hydrogen-bond acceptors (Lipinski definition) is 9. The van der Waals surface area contributed by atoms with Gasteiger partial charge >= 0.3 is 0 Å². The standard InChI is InChI=1S/C21H22N6O3S/c1-20(2)19(22)27-21(11-31(20,28)29)9-12-4-5-13(8-14(12)21)25-18-17-15(6-7-23-18)26-16(30-3)10-24-17/h4-8,10H,9,11H2,1-3H3,(H2,22,27)(H,23,25)/t21-/m0/s1. The van der Waals surface area contributed by atoms with Crippen LogP contribution in [0.15, 0.2) is 41.7 Å². The van der Waals surface area contributed by atoms with Crippen molar-refractivity contribution < 1.29 is 13.2 Å². The molecule has 2 aliphatic rings. The van der Waals surface area contributed by atoms with Gasteiger partial charge in [0, 0.05) is 18.3 Å². The Morgan fingerprint density at radius 2 is 2.00 bits per heavy atom. The summed E-state index contributed by atoms with van der Waals surface area (Å²) >= 11 is 0. The Bertz CT molecular complexity index is 1370. The minimum absolute atomic E-state index is 0.0536. The van der Waals surface area contributed by atoms with E-state index in [-0.39, 0.29) is 11.6 Å². The number of fused-ring (bicyclic) bond motifs is 3. The van der Waals surface area contributed by atoms with Gasteiger partial charge in [-0.25, -0.2) is 23.4 Å². The van der Waals surface area contributed by atoms with Crippen LogP contribution in [0.4, 0.5) is 11.5 Å². The molecule has 1 atom stereocenters. The lowest BCUT2D eigenvalue weighted by Gasteiger charge is -2.46. The molecule has 10 heteroatoms. The molecule has 0 bridgehead atoms. The van der Waals surface area contributed by atoms with Crippen LogP contribution in [0.25, 0.3) is 11.0 Å². The number of anilines is 2. The summed E-state index contributed by atoms with van der Waals surface area (Å²) < 4.78 is 29.8. The normalized spacial score (nSPS) is 23.0. The predicted octanol–water partition coefficient (Wildman–Crippen LogP) is 2.09. The minimum atomic E-state index is -3.45. The fraction of sp³-hybridized carbons (Fsp3) is 0.333. The van der Waals surface area contributed by atoms with Crippen molar-refractivity contribution in [3.05, 3.63) is 47.8 Å². The molecule has 160 valence electrons. The number of rotatable bonds is 3. The average molecular weight is 439 g/mol. The molecule has 0 radical (unpaired) electrons. The summed E-state index contributed by atoms with van der Waals surface area (Å²) in [6.07, 6.45) is 3.73. The van der Waals surface area contributed by atoms with E-state index in [4.69, 9.17) is 10.5 Å². The molecule has 3 aromatic rings. The molecule has 0 fully saturated rings. The molecule has 3 heterocycles. The highest BCUT2D eigenvalue weighted by Gasteiger charge is 2.55. The number of hydrogen-bond donors (Lipinski definition) is 2. The lowest BCUT2D eigenvalue weighted by atomic mass is 9.71. The third kappa shape index (κ3) is 2.85. The highest BCUT2D eigenvalue weighted by Crippen LogP contribution is 2.48. The number of aromatic nitrogens is 3. The Hall–Kier alpha value is -3.27. The number of amidine groups is 1. The zero-order valence-electron chi connectivity index (χ0n) is 17.4. The number of nitrogens with two attached hydrogens (primary N) is 1. The smallest absolute Gasteiger partial charge is 0.232 e. The predicted molar refractivity (Wildman–Crippen MR) is 118 cm³/mol. The monoisotopic (exact) mass is 438 g/mol. The van der Waals surface area contributed by atoms with Gasteiger partial charge in [0.1, 0.15) is 21.6 Å². The molecule has 0 amide bonds. The summed E-state index contributed by atoms with van der Waals surface area (Å²) in [5.41, 5.74) is 9.21. The Kier molecular flexibility index (Phi) is 4.04. The van der Waals surface area contributed by atoms with Gasteiger partial charge in [-0.3, -0.25) is 4.99 Å². The average Bonchev–Trinajstić information content (AvgIpc) is 2.72. The van der Waals surface area contributed by atoms with E-state index in [1.165, 1.54) is 13.3 Å². The van der Waals surface area contributed by atoms with E-state index in [1.807, 2.05) is 18.2 Å². The van der Waals surface area contributed by atoms with Crippen molar-refractivity contribution in [2.45, 2.75) is 30.6 Å². The molecule has 0 saturated carbocycles. The van der Waals surface area contributed by atoms with Gasteiger partial charge < -0.3 is 15.8 Å². The highest BCUT2D eigenvalue weighted by molar-refractivity contribution is 7.93. The number of ether oxygens (including phenoxy) is 1. The van der Waals surface area contributed by atoms with Crippen molar-refractivity contribution in [3.63, 3.8) is 0 Å². The molecule has 1 aromatic carbocycles. The summed E-state index contributed by atoms with van der Waals surface area (Å²) in [5, 5.41) is 3.27. The second kappa shape index (κ2) is 6.36. The lowest BCUT2D eigenvalue weighted by Crippen LogP contribution is -2.58. The van der Waals surface area contributed by atoms with E-state index in [2.05, 4.69) is 25.3 Å². The van der Waals surface area contributed by atoms with E-state index in [0.717, 1.165) is 16.8 Å². The molecule has 3 N–H and O–H groups in total. The Balaban J connectivity index is 1.53. The zero-order chi connectivity index (χ0) is 22.0. The number of sulfone groups is 1. The first-order chi connectivity index (χ1) is 14.6. The molecule has 2 aromatic heterocycles. The molecule has 5 rings (SSSR count). The molecular weight excluding hydrogens is 416 g/mol. The summed E-state index contributed by atoms with van der Waals surface area (Å²) in [6, 6.07) is 7.58. The van der Waals surface area contributed by atoms with Crippen molar-refractivity contribution in [1.82, 2.24) is 15.0 Å². The van der Waals surface area contributed by atoms with Gasteiger partial charge in [-0.2, -0.15) is 0 Å². The maximum atomic E-state index is 12.9. The number of methoxy groups -OCH3 is 1. The van der Waals surface area contributed by atoms with Crippen LogP contribution in [-0.2, 0) is 21.8 Å².